The maximum absolute atomic E-state index is 10.7. The first kappa shape index (κ1) is 15.6. The Labute approximate surface area is 125 Å². The summed E-state index contributed by atoms with van der Waals surface area (Å²) in [6.07, 6.45) is -0.603. The Balaban J connectivity index is 2.17. The summed E-state index contributed by atoms with van der Waals surface area (Å²) in [6, 6.07) is 5.46. The predicted octanol–water partition coefficient (Wildman–Crippen LogP) is 2.07. The van der Waals surface area contributed by atoms with Crippen molar-refractivity contribution in [1.82, 2.24) is 10.2 Å². The summed E-state index contributed by atoms with van der Waals surface area (Å²) >= 11 is 6.06. The molecular formula is C15H23ClN2O2. The smallest absolute Gasteiger partial charge is 0.125 e. The van der Waals surface area contributed by atoms with Crippen LogP contribution < -0.4 is 10.1 Å². The van der Waals surface area contributed by atoms with Gasteiger partial charge in [-0.3, -0.25) is 4.90 Å². The fourth-order valence-corrected chi connectivity index (χ4v) is 2.77. The predicted molar refractivity (Wildman–Crippen MR) is 81.5 cm³/mol. The van der Waals surface area contributed by atoms with Gasteiger partial charge in [0, 0.05) is 42.8 Å². The molecule has 2 rings (SSSR count). The summed E-state index contributed by atoms with van der Waals surface area (Å²) in [5.41, 5.74) is 0.769. The number of piperazine rings is 1. The topological polar surface area (TPSA) is 44.7 Å². The van der Waals surface area contributed by atoms with E-state index < -0.39 is 6.10 Å². The average Bonchev–Trinajstić information content (AvgIpc) is 2.48. The molecule has 2 unspecified atom stereocenters. The van der Waals surface area contributed by atoms with Crippen LogP contribution >= 0.6 is 11.6 Å². The fraction of sp³-hybridized carbons (Fsp3) is 0.600. The van der Waals surface area contributed by atoms with Gasteiger partial charge in [0.2, 0.25) is 0 Å². The van der Waals surface area contributed by atoms with Crippen molar-refractivity contribution in [3.63, 3.8) is 0 Å². The van der Waals surface area contributed by atoms with Crippen molar-refractivity contribution >= 4 is 11.6 Å². The van der Waals surface area contributed by atoms with Crippen molar-refractivity contribution in [3.8, 4) is 5.75 Å². The molecule has 112 valence electrons. The summed E-state index contributed by atoms with van der Waals surface area (Å²) in [7, 11) is 0. The molecule has 0 aliphatic carbocycles. The molecule has 1 aromatic rings. The van der Waals surface area contributed by atoms with E-state index >= 15 is 0 Å². The zero-order chi connectivity index (χ0) is 14.5. The summed E-state index contributed by atoms with van der Waals surface area (Å²) in [6.45, 7) is 8.38. The van der Waals surface area contributed by atoms with Crippen molar-refractivity contribution in [1.29, 1.82) is 0 Å². The van der Waals surface area contributed by atoms with E-state index in [1.54, 1.807) is 12.1 Å². The summed E-state index contributed by atoms with van der Waals surface area (Å²) in [5.74, 6) is 0.714. The van der Waals surface area contributed by atoms with E-state index in [0.717, 1.165) is 31.7 Å². The minimum atomic E-state index is -0.603. The quantitative estimate of drug-likeness (QED) is 0.873. The van der Waals surface area contributed by atoms with Gasteiger partial charge in [0.25, 0.3) is 0 Å². The third-order valence-electron chi connectivity index (χ3n) is 3.77. The SMILES string of the molecule is CCOc1ccc(Cl)cc1C(O)C(C)N1CCNCC1. The van der Waals surface area contributed by atoms with Gasteiger partial charge in [-0.1, -0.05) is 11.6 Å². The maximum atomic E-state index is 10.7. The molecule has 0 spiro atoms. The van der Waals surface area contributed by atoms with Crippen molar-refractivity contribution in [2.45, 2.75) is 26.0 Å². The molecule has 2 atom stereocenters. The lowest BCUT2D eigenvalue weighted by atomic mass is 10.0. The van der Waals surface area contributed by atoms with Crippen LogP contribution in [0.25, 0.3) is 0 Å². The molecule has 2 N–H and O–H groups in total. The van der Waals surface area contributed by atoms with Crippen LogP contribution in [0.4, 0.5) is 0 Å². The van der Waals surface area contributed by atoms with Gasteiger partial charge in [0.15, 0.2) is 0 Å². The van der Waals surface area contributed by atoms with Crippen molar-refractivity contribution in [2.24, 2.45) is 0 Å². The largest absolute Gasteiger partial charge is 0.493 e. The lowest BCUT2D eigenvalue weighted by Crippen LogP contribution is -2.49. The number of nitrogens with one attached hydrogen (secondary N) is 1. The molecule has 1 aliphatic heterocycles. The molecule has 5 heteroatoms. The molecule has 0 aromatic heterocycles. The monoisotopic (exact) mass is 298 g/mol. The zero-order valence-electron chi connectivity index (χ0n) is 12.1. The lowest BCUT2D eigenvalue weighted by Gasteiger charge is -2.35. The van der Waals surface area contributed by atoms with Crippen LogP contribution in [0.3, 0.4) is 0 Å². The van der Waals surface area contributed by atoms with Crippen LogP contribution in [-0.4, -0.2) is 48.8 Å². The first-order chi connectivity index (χ1) is 9.63. The second kappa shape index (κ2) is 7.27. The maximum Gasteiger partial charge on any atom is 0.125 e. The molecule has 1 aromatic carbocycles. The Morgan fingerprint density at radius 3 is 2.75 bits per heavy atom. The Kier molecular flexibility index (Phi) is 5.66. The number of benzene rings is 1. The fourth-order valence-electron chi connectivity index (χ4n) is 2.59. The first-order valence-corrected chi connectivity index (χ1v) is 7.56. The molecular weight excluding hydrogens is 276 g/mol. The van der Waals surface area contributed by atoms with Gasteiger partial charge in [0.1, 0.15) is 5.75 Å². The second-order valence-corrected chi connectivity index (χ2v) is 5.52. The molecule has 0 bridgehead atoms. The Morgan fingerprint density at radius 1 is 1.40 bits per heavy atom. The van der Waals surface area contributed by atoms with Gasteiger partial charge in [0.05, 0.1) is 12.7 Å². The van der Waals surface area contributed by atoms with Crippen LogP contribution in [0.15, 0.2) is 18.2 Å². The van der Waals surface area contributed by atoms with E-state index in [9.17, 15) is 5.11 Å². The number of aliphatic hydroxyl groups excluding tert-OH is 1. The number of rotatable bonds is 5. The number of aliphatic hydroxyl groups is 1. The minimum absolute atomic E-state index is 0.0368. The van der Waals surface area contributed by atoms with Gasteiger partial charge in [-0.15, -0.1) is 0 Å². The molecule has 1 saturated heterocycles. The average molecular weight is 299 g/mol. The lowest BCUT2D eigenvalue weighted by molar-refractivity contribution is 0.0491. The standard InChI is InChI=1S/C15H23ClN2O2/c1-3-20-14-5-4-12(16)10-13(14)15(19)11(2)18-8-6-17-7-9-18/h4-5,10-11,15,17,19H,3,6-9H2,1-2H3. The third-order valence-corrected chi connectivity index (χ3v) is 4.01. The number of ether oxygens (including phenoxy) is 1. The molecule has 0 amide bonds. The minimum Gasteiger partial charge on any atom is -0.493 e. The molecule has 1 heterocycles. The highest BCUT2D eigenvalue weighted by molar-refractivity contribution is 6.30. The van der Waals surface area contributed by atoms with Gasteiger partial charge >= 0.3 is 0 Å². The van der Waals surface area contributed by atoms with E-state index in [1.807, 2.05) is 19.9 Å². The number of hydrogen-bond acceptors (Lipinski definition) is 4. The van der Waals surface area contributed by atoms with Crippen molar-refractivity contribution in [3.05, 3.63) is 28.8 Å². The molecule has 1 aliphatic rings. The highest BCUT2D eigenvalue weighted by Crippen LogP contribution is 2.32. The van der Waals surface area contributed by atoms with Crippen molar-refractivity contribution < 1.29 is 9.84 Å². The van der Waals surface area contributed by atoms with E-state index in [1.165, 1.54) is 0 Å². The van der Waals surface area contributed by atoms with E-state index in [-0.39, 0.29) is 6.04 Å². The van der Waals surface area contributed by atoms with Gasteiger partial charge in [-0.05, 0) is 32.0 Å². The number of nitrogens with zero attached hydrogens (tertiary/aromatic N) is 1. The van der Waals surface area contributed by atoms with Crippen LogP contribution in [-0.2, 0) is 0 Å². The van der Waals surface area contributed by atoms with Crippen LogP contribution in [0, 0.1) is 0 Å². The Morgan fingerprint density at radius 2 is 2.10 bits per heavy atom. The summed E-state index contributed by atoms with van der Waals surface area (Å²) in [4.78, 5) is 2.29. The van der Waals surface area contributed by atoms with E-state index in [0.29, 0.717) is 17.4 Å². The Bertz CT molecular complexity index is 436. The normalized spacial score (nSPS) is 19.6. The van der Waals surface area contributed by atoms with Gasteiger partial charge in [-0.25, -0.2) is 0 Å². The van der Waals surface area contributed by atoms with E-state index in [4.69, 9.17) is 16.3 Å². The molecule has 4 nitrogen and oxygen atoms in total. The second-order valence-electron chi connectivity index (χ2n) is 5.09. The summed E-state index contributed by atoms with van der Waals surface area (Å²) in [5, 5.41) is 14.6. The van der Waals surface area contributed by atoms with Gasteiger partial charge < -0.3 is 15.2 Å². The molecule has 0 saturated carbocycles. The highest BCUT2D eigenvalue weighted by Gasteiger charge is 2.26. The van der Waals surface area contributed by atoms with Crippen LogP contribution in [0.5, 0.6) is 5.75 Å². The van der Waals surface area contributed by atoms with Gasteiger partial charge in [-0.2, -0.15) is 0 Å². The molecule has 20 heavy (non-hydrogen) atoms. The van der Waals surface area contributed by atoms with Crippen molar-refractivity contribution in [2.75, 3.05) is 32.8 Å². The van der Waals surface area contributed by atoms with Crippen LogP contribution in [0.2, 0.25) is 5.02 Å². The highest BCUT2D eigenvalue weighted by atomic mass is 35.5. The summed E-state index contributed by atoms with van der Waals surface area (Å²) < 4.78 is 5.60. The number of halogens is 1. The van der Waals surface area contributed by atoms with Crippen LogP contribution in [0.1, 0.15) is 25.5 Å². The zero-order valence-corrected chi connectivity index (χ0v) is 12.9. The molecule has 1 fully saturated rings. The first-order valence-electron chi connectivity index (χ1n) is 7.18. The third kappa shape index (κ3) is 3.64. The number of hydrogen-bond donors (Lipinski definition) is 2. The Hall–Kier alpha value is -0.810. The molecule has 0 radical (unpaired) electrons. The van der Waals surface area contributed by atoms with E-state index in [2.05, 4.69) is 10.2 Å².